The fourth-order valence-electron chi connectivity index (χ4n) is 2.96. The number of carboxylic acid groups (broad SMARTS) is 1. The molecule has 0 fully saturated rings. The fourth-order valence-corrected chi connectivity index (χ4v) is 3.77. The molecule has 0 saturated heterocycles. The molecular weight excluding hydrogens is 326 g/mol. The molecule has 124 valence electrons. The second-order valence-electron chi connectivity index (χ2n) is 5.87. The smallest absolute Gasteiger partial charge is 0.336 e. The van der Waals surface area contributed by atoms with Crippen LogP contribution in [-0.2, 0) is 15.6 Å². The van der Waals surface area contributed by atoms with E-state index in [9.17, 15) is 18.3 Å². The molecule has 1 aliphatic rings. The fraction of sp³-hybridized carbons (Fsp3) is 0.222. The lowest BCUT2D eigenvalue weighted by Gasteiger charge is -2.17. The van der Waals surface area contributed by atoms with Crippen LogP contribution in [0.5, 0.6) is 0 Å². The van der Waals surface area contributed by atoms with Crippen molar-refractivity contribution in [2.24, 2.45) is 0 Å². The first-order chi connectivity index (χ1) is 11.4. The Kier molecular flexibility index (Phi) is 4.24. The number of pyridine rings is 1. The first-order valence-electron chi connectivity index (χ1n) is 7.55. The Morgan fingerprint density at radius 3 is 2.67 bits per heavy atom. The number of hydrogen-bond acceptors (Lipinski definition) is 4. The molecule has 3 rings (SSSR count). The van der Waals surface area contributed by atoms with E-state index in [1.165, 1.54) is 0 Å². The minimum absolute atomic E-state index is 0.0245. The molecule has 0 radical (unpaired) electrons. The Morgan fingerprint density at radius 2 is 2.04 bits per heavy atom. The largest absolute Gasteiger partial charge is 0.478 e. The lowest BCUT2D eigenvalue weighted by Crippen LogP contribution is -2.13. The summed E-state index contributed by atoms with van der Waals surface area (Å²) in [7, 11) is -3.41. The topological polar surface area (TPSA) is 84.3 Å². The quantitative estimate of drug-likeness (QED) is 0.921. The highest BCUT2D eigenvalue weighted by Crippen LogP contribution is 2.32. The molecule has 1 heterocycles. The first-order valence-corrected chi connectivity index (χ1v) is 9.61. The molecule has 24 heavy (non-hydrogen) atoms. The van der Waals surface area contributed by atoms with Crippen LogP contribution in [0.1, 0.15) is 34.5 Å². The zero-order chi connectivity index (χ0) is 17.3. The van der Waals surface area contributed by atoms with Crippen molar-refractivity contribution in [3.05, 3.63) is 59.3 Å². The van der Waals surface area contributed by atoms with Crippen molar-refractivity contribution >= 4 is 32.3 Å². The van der Waals surface area contributed by atoms with Crippen molar-refractivity contribution < 1.29 is 18.3 Å². The summed E-state index contributed by atoms with van der Waals surface area (Å²) in [6, 6.07) is 6.92. The van der Waals surface area contributed by atoms with Crippen LogP contribution in [0.3, 0.4) is 0 Å². The van der Waals surface area contributed by atoms with E-state index in [1.54, 1.807) is 24.3 Å². The van der Waals surface area contributed by atoms with Gasteiger partial charge in [-0.05, 0) is 24.5 Å². The minimum atomic E-state index is -3.41. The van der Waals surface area contributed by atoms with Gasteiger partial charge >= 0.3 is 5.97 Å². The minimum Gasteiger partial charge on any atom is -0.478 e. The normalized spacial score (nSPS) is 14.6. The maximum absolute atomic E-state index is 11.9. The molecule has 0 atom stereocenters. The van der Waals surface area contributed by atoms with Crippen molar-refractivity contribution in [3.63, 3.8) is 0 Å². The molecule has 1 aromatic heterocycles. The van der Waals surface area contributed by atoms with Gasteiger partial charge in [0, 0.05) is 17.2 Å². The Hall–Kier alpha value is -2.47. The number of hydrogen-bond donors (Lipinski definition) is 1. The Bertz CT molecular complexity index is 987. The van der Waals surface area contributed by atoms with Gasteiger partial charge in [0.2, 0.25) is 0 Å². The van der Waals surface area contributed by atoms with E-state index in [2.05, 4.69) is 4.98 Å². The number of rotatable bonds is 4. The Labute approximate surface area is 140 Å². The zero-order valence-electron chi connectivity index (χ0n) is 13.2. The maximum atomic E-state index is 11.9. The first kappa shape index (κ1) is 16.4. The van der Waals surface area contributed by atoms with Gasteiger partial charge in [-0.15, -0.1) is 0 Å². The van der Waals surface area contributed by atoms with Crippen LogP contribution in [0.25, 0.3) is 16.5 Å². The van der Waals surface area contributed by atoms with E-state index in [0.29, 0.717) is 23.0 Å². The van der Waals surface area contributed by atoms with Crippen LogP contribution < -0.4 is 0 Å². The molecule has 6 heteroatoms. The summed E-state index contributed by atoms with van der Waals surface area (Å²) in [4.78, 5) is 16.5. The molecule has 0 bridgehead atoms. The SMILES string of the molecule is CS(=O)(=O)Cc1c(C2=CC=CCC2)nc2ccccc2c1C(=O)O. The van der Waals surface area contributed by atoms with Crippen LogP contribution in [-0.4, -0.2) is 30.7 Å². The van der Waals surface area contributed by atoms with Gasteiger partial charge < -0.3 is 5.11 Å². The van der Waals surface area contributed by atoms with E-state index in [-0.39, 0.29) is 16.9 Å². The Morgan fingerprint density at radius 1 is 1.29 bits per heavy atom. The third kappa shape index (κ3) is 3.23. The van der Waals surface area contributed by atoms with Crippen LogP contribution in [0.2, 0.25) is 0 Å². The van der Waals surface area contributed by atoms with Crippen LogP contribution in [0.4, 0.5) is 0 Å². The van der Waals surface area contributed by atoms with Gasteiger partial charge in [0.1, 0.15) is 0 Å². The monoisotopic (exact) mass is 343 g/mol. The van der Waals surface area contributed by atoms with E-state index in [4.69, 9.17) is 0 Å². The number of fused-ring (bicyclic) bond motifs is 1. The molecular formula is C18H17NO4S. The zero-order valence-corrected chi connectivity index (χ0v) is 14.0. The van der Waals surface area contributed by atoms with E-state index in [0.717, 1.165) is 18.2 Å². The van der Waals surface area contributed by atoms with Gasteiger partial charge in [-0.25, -0.2) is 18.2 Å². The molecule has 1 N–H and O–H groups in total. The number of para-hydroxylation sites is 1. The number of sulfone groups is 1. The number of carbonyl (C=O) groups is 1. The van der Waals surface area contributed by atoms with Crippen LogP contribution in [0.15, 0.2) is 42.5 Å². The van der Waals surface area contributed by atoms with Crippen molar-refractivity contribution in [3.8, 4) is 0 Å². The van der Waals surface area contributed by atoms with Crippen molar-refractivity contribution in [1.29, 1.82) is 0 Å². The molecule has 0 spiro atoms. The third-order valence-corrected chi connectivity index (χ3v) is 4.74. The van der Waals surface area contributed by atoms with E-state index in [1.807, 2.05) is 18.2 Å². The summed E-state index contributed by atoms with van der Waals surface area (Å²) in [5.74, 6) is -1.48. The molecule has 0 aliphatic heterocycles. The second kappa shape index (κ2) is 6.20. The van der Waals surface area contributed by atoms with Gasteiger partial charge in [-0.3, -0.25) is 0 Å². The Balaban J connectivity index is 2.40. The summed E-state index contributed by atoms with van der Waals surface area (Å²) < 4.78 is 23.8. The van der Waals surface area contributed by atoms with Gasteiger partial charge in [-0.2, -0.15) is 0 Å². The molecule has 2 aromatic rings. The van der Waals surface area contributed by atoms with Crippen LogP contribution >= 0.6 is 0 Å². The van der Waals surface area contributed by atoms with Crippen molar-refractivity contribution in [2.75, 3.05) is 6.26 Å². The highest BCUT2D eigenvalue weighted by molar-refractivity contribution is 7.89. The van der Waals surface area contributed by atoms with Gasteiger partial charge in [0.15, 0.2) is 9.84 Å². The summed E-state index contributed by atoms with van der Waals surface area (Å²) in [5.41, 5.74) is 2.18. The predicted octanol–water partition coefficient (Wildman–Crippen LogP) is 3.21. The second-order valence-corrected chi connectivity index (χ2v) is 8.01. The number of aromatic carboxylic acids is 1. The number of benzene rings is 1. The average Bonchev–Trinajstić information content (AvgIpc) is 2.53. The summed E-state index contributed by atoms with van der Waals surface area (Å²) in [5, 5.41) is 10.2. The summed E-state index contributed by atoms with van der Waals surface area (Å²) in [6.45, 7) is 0. The molecule has 0 saturated carbocycles. The number of carboxylic acids is 1. The molecule has 0 unspecified atom stereocenters. The van der Waals surface area contributed by atoms with Gasteiger partial charge in [-0.1, -0.05) is 36.4 Å². The van der Waals surface area contributed by atoms with Gasteiger partial charge in [0.25, 0.3) is 0 Å². The van der Waals surface area contributed by atoms with Crippen molar-refractivity contribution in [1.82, 2.24) is 4.98 Å². The molecule has 5 nitrogen and oxygen atoms in total. The molecule has 0 amide bonds. The third-order valence-electron chi connectivity index (χ3n) is 3.93. The average molecular weight is 343 g/mol. The lowest BCUT2D eigenvalue weighted by molar-refractivity contribution is 0.0698. The standard InChI is InChI=1S/C18H17NO4S/c1-24(22,23)11-14-16(18(20)21)13-9-5-6-10-15(13)19-17(14)12-7-3-2-4-8-12/h2-3,5-7,9-10H,4,8,11H2,1H3,(H,20,21). The van der Waals surface area contributed by atoms with Crippen LogP contribution in [0, 0.1) is 0 Å². The number of nitrogens with zero attached hydrogens (tertiary/aromatic N) is 1. The summed E-state index contributed by atoms with van der Waals surface area (Å²) >= 11 is 0. The molecule has 1 aromatic carbocycles. The highest BCUT2D eigenvalue weighted by Gasteiger charge is 2.24. The molecule has 1 aliphatic carbocycles. The number of allylic oxidation sites excluding steroid dienone is 4. The lowest BCUT2D eigenvalue weighted by atomic mass is 9.94. The number of aromatic nitrogens is 1. The predicted molar refractivity (Wildman–Crippen MR) is 93.6 cm³/mol. The van der Waals surface area contributed by atoms with Crippen molar-refractivity contribution in [2.45, 2.75) is 18.6 Å². The maximum Gasteiger partial charge on any atom is 0.336 e. The van der Waals surface area contributed by atoms with Gasteiger partial charge in [0.05, 0.1) is 22.5 Å². The van der Waals surface area contributed by atoms with E-state index >= 15 is 0 Å². The highest BCUT2D eigenvalue weighted by atomic mass is 32.2. The van der Waals surface area contributed by atoms with E-state index < -0.39 is 15.8 Å². The summed E-state index contributed by atoms with van der Waals surface area (Å²) in [6.07, 6.45) is 8.41.